The molecular formula is C19H14BrF4N. The van der Waals surface area contributed by atoms with Crippen molar-refractivity contribution in [1.29, 1.82) is 0 Å². The monoisotopic (exact) mass is 411 g/mol. The Balaban J connectivity index is 1.86. The van der Waals surface area contributed by atoms with E-state index < -0.39 is 23.6 Å². The van der Waals surface area contributed by atoms with Gasteiger partial charge in [-0.3, -0.25) is 0 Å². The molecule has 0 radical (unpaired) electrons. The van der Waals surface area contributed by atoms with Crippen molar-refractivity contribution in [1.82, 2.24) is 0 Å². The summed E-state index contributed by atoms with van der Waals surface area (Å²) in [6.07, 6.45) is 0.147. The maximum atomic E-state index is 14.5. The molecule has 1 aliphatic carbocycles. The van der Waals surface area contributed by atoms with E-state index in [1.54, 1.807) is 6.07 Å². The number of anilines is 1. The van der Waals surface area contributed by atoms with Crippen molar-refractivity contribution in [3.63, 3.8) is 0 Å². The standard InChI is InChI=1S/C19H14BrF4N/c20-10-8-14-11-5-3-6-12(11)17(25-18(14)16(21)9-10)13-4-1-2-7-15(13)19(22,23)24/h1-5,7-9,11-12,17,25H,6H2/t11-,12-,17+/m0/s1. The van der Waals surface area contributed by atoms with Gasteiger partial charge < -0.3 is 5.32 Å². The number of hydrogen-bond acceptors (Lipinski definition) is 1. The second-order valence-corrected chi connectivity index (χ2v) is 7.33. The molecule has 130 valence electrons. The zero-order valence-corrected chi connectivity index (χ0v) is 14.5. The van der Waals surface area contributed by atoms with Gasteiger partial charge in [0.1, 0.15) is 5.82 Å². The van der Waals surface area contributed by atoms with Crippen molar-refractivity contribution < 1.29 is 17.6 Å². The van der Waals surface area contributed by atoms with E-state index in [-0.39, 0.29) is 23.1 Å². The number of rotatable bonds is 1. The molecule has 1 heterocycles. The molecule has 0 unspecified atom stereocenters. The summed E-state index contributed by atoms with van der Waals surface area (Å²) in [5.41, 5.74) is 0.574. The molecule has 2 aromatic carbocycles. The molecule has 2 aromatic rings. The summed E-state index contributed by atoms with van der Waals surface area (Å²) in [6.45, 7) is 0. The third kappa shape index (κ3) is 2.76. The van der Waals surface area contributed by atoms with Gasteiger partial charge in [-0.05, 0) is 41.7 Å². The lowest BCUT2D eigenvalue weighted by Crippen LogP contribution is -2.31. The topological polar surface area (TPSA) is 12.0 Å². The fourth-order valence-corrected chi connectivity index (χ4v) is 4.40. The Morgan fingerprint density at radius 1 is 1.08 bits per heavy atom. The van der Waals surface area contributed by atoms with Crippen LogP contribution in [0.2, 0.25) is 0 Å². The van der Waals surface area contributed by atoms with E-state index in [4.69, 9.17) is 0 Å². The van der Waals surface area contributed by atoms with Gasteiger partial charge in [-0.15, -0.1) is 0 Å². The Morgan fingerprint density at radius 3 is 2.60 bits per heavy atom. The third-order valence-electron chi connectivity index (χ3n) is 4.99. The fourth-order valence-electron chi connectivity index (χ4n) is 3.96. The first-order valence-corrected chi connectivity index (χ1v) is 8.74. The van der Waals surface area contributed by atoms with Crippen LogP contribution in [0.25, 0.3) is 0 Å². The van der Waals surface area contributed by atoms with E-state index >= 15 is 0 Å². The van der Waals surface area contributed by atoms with Gasteiger partial charge in [0.2, 0.25) is 0 Å². The third-order valence-corrected chi connectivity index (χ3v) is 5.44. The van der Waals surface area contributed by atoms with Crippen LogP contribution in [0.3, 0.4) is 0 Å². The molecule has 0 spiro atoms. The molecule has 1 nitrogen and oxygen atoms in total. The quantitative estimate of drug-likeness (QED) is 0.420. The molecule has 6 heteroatoms. The summed E-state index contributed by atoms with van der Waals surface area (Å²) in [4.78, 5) is 0. The predicted molar refractivity (Wildman–Crippen MR) is 91.9 cm³/mol. The number of allylic oxidation sites excluding steroid dienone is 2. The smallest absolute Gasteiger partial charge is 0.375 e. The lowest BCUT2D eigenvalue weighted by atomic mass is 9.76. The minimum absolute atomic E-state index is 0.0790. The minimum Gasteiger partial charge on any atom is -0.375 e. The molecule has 0 bridgehead atoms. The van der Waals surface area contributed by atoms with E-state index in [0.717, 1.165) is 11.6 Å². The number of nitrogens with one attached hydrogen (secondary N) is 1. The number of benzene rings is 2. The van der Waals surface area contributed by atoms with Crippen LogP contribution in [-0.2, 0) is 6.18 Å². The largest absolute Gasteiger partial charge is 0.416 e. The number of alkyl halides is 3. The van der Waals surface area contributed by atoms with Gasteiger partial charge in [0, 0.05) is 10.4 Å². The van der Waals surface area contributed by atoms with Gasteiger partial charge in [-0.25, -0.2) is 4.39 Å². The zero-order valence-electron chi connectivity index (χ0n) is 12.9. The average Bonchev–Trinajstić information content (AvgIpc) is 3.03. The van der Waals surface area contributed by atoms with Crippen LogP contribution in [0, 0.1) is 11.7 Å². The molecule has 1 N–H and O–H groups in total. The normalized spacial score (nSPS) is 24.6. The van der Waals surface area contributed by atoms with E-state index in [1.807, 2.05) is 18.2 Å². The van der Waals surface area contributed by atoms with E-state index in [0.29, 0.717) is 10.9 Å². The molecule has 0 amide bonds. The van der Waals surface area contributed by atoms with Crippen LogP contribution < -0.4 is 5.32 Å². The first-order chi connectivity index (χ1) is 11.9. The molecule has 0 saturated carbocycles. The lowest BCUT2D eigenvalue weighted by Gasteiger charge is -2.38. The fraction of sp³-hybridized carbons (Fsp3) is 0.263. The number of hydrogen-bond donors (Lipinski definition) is 1. The van der Waals surface area contributed by atoms with Crippen molar-refractivity contribution in [2.75, 3.05) is 5.32 Å². The van der Waals surface area contributed by atoms with Gasteiger partial charge in [0.25, 0.3) is 0 Å². The van der Waals surface area contributed by atoms with Crippen LogP contribution in [0.5, 0.6) is 0 Å². The number of halogens is 5. The second kappa shape index (κ2) is 5.87. The Hall–Kier alpha value is -1.82. The van der Waals surface area contributed by atoms with Gasteiger partial charge in [0.15, 0.2) is 0 Å². The lowest BCUT2D eigenvalue weighted by molar-refractivity contribution is -0.138. The average molecular weight is 412 g/mol. The van der Waals surface area contributed by atoms with Gasteiger partial charge in [-0.1, -0.05) is 46.3 Å². The van der Waals surface area contributed by atoms with Gasteiger partial charge in [0.05, 0.1) is 17.3 Å². The van der Waals surface area contributed by atoms with E-state index in [1.165, 1.54) is 18.2 Å². The Bertz CT molecular complexity index is 859. The molecule has 0 fully saturated rings. The Labute approximate surface area is 150 Å². The molecular weight excluding hydrogens is 398 g/mol. The first kappa shape index (κ1) is 16.6. The summed E-state index contributed by atoms with van der Waals surface area (Å²) in [5.74, 6) is -0.642. The highest BCUT2D eigenvalue weighted by atomic mass is 79.9. The van der Waals surface area contributed by atoms with Crippen LogP contribution >= 0.6 is 15.9 Å². The van der Waals surface area contributed by atoms with Crippen LogP contribution in [0.1, 0.15) is 35.1 Å². The molecule has 4 rings (SSSR count). The number of fused-ring (bicyclic) bond motifs is 3. The predicted octanol–water partition coefficient (Wildman–Crippen LogP) is 6.43. The van der Waals surface area contributed by atoms with Crippen LogP contribution in [0.15, 0.2) is 53.0 Å². The summed E-state index contributed by atoms with van der Waals surface area (Å²) in [6, 6.07) is 8.12. The van der Waals surface area contributed by atoms with Crippen molar-refractivity contribution in [3.8, 4) is 0 Å². The molecule has 0 aromatic heterocycles. The Kier molecular flexibility index (Phi) is 3.90. The van der Waals surface area contributed by atoms with Crippen molar-refractivity contribution in [2.45, 2.75) is 24.6 Å². The Morgan fingerprint density at radius 2 is 1.84 bits per heavy atom. The molecule has 25 heavy (non-hydrogen) atoms. The summed E-state index contributed by atoms with van der Waals surface area (Å²) < 4.78 is 55.5. The summed E-state index contributed by atoms with van der Waals surface area (Å²) in [7, 11) is 0. The van der Waals surface area contributed by atoms with Crippen molar-refractivity contribution in [3.05, 3.63) is 75.5 Å². The summed E-state index contributed by atoms with van der Waals surface area (Å²) >= 11 is 3.30. The van der Waals surface area contributed by atoms with Crippen LogP contribution in [-0.4, -0.2) is 0 Å². The van der Waals surface area contributed by atoms with Crippen molar-refractivity contribution in [2.24, 2.45) is 5.92 Å². The van der Waals surface area contributed by atoms with E-state index in [2.05, 4.69) is 21.2 Å². The van der Waals surface area contributed by atoms with E-state index in [9.17, 15) is 17.6 Å². The first-order valence-electron chi connectivity index (χ1n) is 7.94. The molecule has 1 aliphatic heterocycles. The second-order valence-electron chi connectivity index (χ2n) is 6.41. The maximum absolute atomic E-state index is 14.5. The minimum atomic E-state index is -4.45. The highest BCUT2D eigenvalue weighted by molar-refractivity contribution is 9.10. The highest BCUT2D eigenvalue weighted by Gasteiger charge is 2.43. The van der Waals surface area contributed by atoms with Crippen molar-refractivity contribution >= 4 is 21.6 Å². The van der Waals surface area contributed by atoms with Gasteiger partial charge >= 0.3 is 6.18 Å². The van der Waals surface area contributed by atoms with Crippen LogP contribution in [0.4, 0.5) is 23.2 Å². The molecule has 2 aliphatic rings. The zero-order chi connectivity index (χ0) is 17.8. The highest BCUT2D eigenvalue weighted by Crippen LogP contribution is 2.52. The van der Waals surface area contributed by atoms with Gasteiger partial charge in [-0.2, -0.15) is 13.2 Å². The maximum Gasteiger partial charge on any atom is 0.416 e. The SMILES string of the molecule is Fc1cc(Br)cc2c1N[C@@H](c1ccccc1C(F)(F)F)[C@H]1CC=C[C@H]21. The molecule has 3 atom stereocenters. The summed E-state index contributed by atoms with van der Waals surface area (Å²) in [5, 5.41) is 3.06. The molecule has 0 saturated heterocycles.